The molecular weight excluding hydrogens is 327 g/mol. The molecule has 0 bridgehead atoms. The Balaban J connectivity index is 1.77. The molecule has 4 heteroatoms. The molecule has 2 heterocycles. The number of aromatic amines is 1. The lowest BCUT2D eigenvalue weighted by molar-refractivity contribution is 1.39. The van der Waals surface area contributed by atoms with Gasteiger partial charge in [0.2, 0.25) is 0 Å². The van der Waals surface area contributed by atoms with E-state index in [9.17, 15) is 0 Å². The fraction of sp³-hybridized carbons (Fsp3) is 0. The molecule has 0 atom stereocenters. The third kappa shape index (κ3) is 2.72. The van der Waals surface area contributed by atoms with E-state index in [1.165, 1.54) is 5.56 Å². The molecule has 1 N–H and O–H groups in total. The smallest absolute Gasteiger partial charge is 0.108 e. The van der Waals surface area contributed by atoms with Gasteiger partial charge < -0.3 is 4.98 Å². The molecule has 2 aromatic carbocycles. The van der Waals surface area contributed by atoms with Gasteiger partial charge in [-0.05, 0) is 17.2 Å². The molecule has 4 aromatic rings. The fourth-order valence-corrected chi connectivity index (χ4v) is 3.12. The van der Waals surface area contributed by atoms with Crippen LogP contribution in [0.4, 0.5) is 0 Å². The van der Waals surface area contributed by atoms with E-state index in [-0.39, 0.29) is 0 Å². The van der Waals surface area contributed by atoms with Crippen molar-refractivity contribution in [2.24, 2.45) is 0 Å². The topological polar surface area (TPSA) is 28.7 Å². The third-order valence-electron chi connectivity index (χ3n) is 3.79. The number of halogens is 2. The Hall–Kier alpha value is -2.29. The first-order valence-corrected chi connectivity index (χ1v) is 7.97. The zero-order valence-corrected chi connectivity index (χ0v) is 13.6. The third-order valence-corrected chi connectivity index (χ3v) is 4.28. The molecule has 2 nitrogen and oxygen atoms in total. The standard InChI is InChI=1S/C19H12Cl2N2/c20-15-10-16-17(11-18(21)22-16)23-19(15)14-8-6-13(7-9-14)12-4-2-1-3-5-12/h1-11,22H. The lowest BCUT2D eigenvalue weighted by Crippen LogP contribution is -1.86. The van der Waals surface area contributed by atoms with Gasteiger partial charge >= 0.3 is 0 Å². The number of pyridine rings is 1. The highest BCUT2D eigenvalue weighted by Gasteiger charge is 2.10. The van der Waals surface area contributed by atoms with E-state index in [4.69, 9.17) is 23.2 Å². The molecule has 0 radical (unpaired) electrons. The predicted molar refractivity (Wildman–Crippen MR) is 97.0 cm³/mol. The number of aromatic nitrogens is 2. The maximum atomic E-state index is 6.38. The van der Waals surface area contributed by atoms with E-state index in [1.54, 1.807) is 6.07 Å². The number of hydrogen-bond acceptors (Lipinski definition) is 1. The average molecular weight is 339 g/mol. The Morgan fingerprint density at radius 1 is 0.739 bits per heavy atom. The largest absolute Gasteiger partial charge is 0.344 e. The highest BCUT2D eigenvalue weighted by Crippen LogP contribution is 2.31. The summed E-state index contributed by atoms with van der Waals surface area (Å²) >= 11 is 12.4. The number of fused-ring (bicyclic) bond motifs is 1. The van der Waals surface area contributed by atoms with Crippen molar-refractivity contribution in [1.29, 1.82) is 0 Å². The molecule has 112 valence electrons. The Labute approximate surface area is 143 Å². The van der Waals surface area contributed by atoms with Crippen molar-refractivity contribution in [2.45, 2.75) is 0 Å². The van der Waals surface area contributed by atoms with Crippen LogP contribution >= 0.6 is 23.2 Å². The Morgan fingerprint density at radius 2 is 1.39 bits per heavy atom. The molecule has 0 aliphatic carbocycles. The maximum absolute atomic E-state index is 6.38. The summed E-state index contributed by atoms with van der Waals surface area (Å²) in [5.74, 6) is 0. The molecule has 0 unspecified atom stereocenters. The Kier molecular flexibility index (Phi) is 3.56. The summed E-state index contributed by atoms with van der Waals surface area (Å²) in [6.45, 7) is 0. The normalized spacial score (nSPS) is 11.0. The van der Waals surface area contributed by atoms with Crippen LogP contribution in [0.1, 0.15) is 0 Å². The summed E-state index contributed by atoms with van der Waals surface area (Å²) < 4.78 is 0. The van der Waals surface area contributed by atoms with Crippen LogP contribution in [0.25, 0.3) is 33.4 Å². The van der Waals surface area contributed by atoms with Gasteiger partial charge in [0.05, 0.1) is 21.7 Å². The molecular formula is C19H12Cl2N2. The van der Waals surface area contributed by atoms with Crippen molar-refractivity contribution in [1.82, 2.24) is 9.97 Å². The quantitative estimate of drug-likeness (QED) is 0.462. The molecule has 0 amide bonds. The van der Waals surface area contributed by atoms with Crippen LogP contribution in [0.3, 0.4) is 0 Å². The van der Waals surface area contributed by atoms with Crippen LogP contribution in [-0.2, 0) is 0 Å². The molecule has 0 aliphatic rings. The summed E-state index contributed by atoms with van der Waals surface area (Å²) in [4.78, 5) is 7.65. The van der Waals surface area contributed by atoms with Crippen molar-refractivity contribution >= 4 is 34.2 Å². The zero-order valence-electron chi connectivity index (χ0n) is 12.1. The van der Waals surface area contributed by atoms with Crippen molar-refractivity contribution in [3.63, 3.8) is 0 Å². The highest BCUT2D eigenvalue weighted by atomic mass is 35.5. The van der Waals surface area contributed by atoms with Gasteiger partial charge in [0.15, 0.2) is 0 Å². The summed E-state index contributed by atoms with van der Waals surface area (Å²) in [6, 6.07) is 22.2. The van der Waals surface area contributed by atoms with E-state index < -0.39 is 0 Å². The van der Waals surface area contributed by atoms with Gasteiger partial charge in [-0.3, -0.25) is 0 Å². The van der Waals surface area contributed by atoms with Crippen LogP contribution in [0, 0.1) is 0 Å². The lowest BCUT2D eigenvalue weighted by Gasteiger charge is -2.06. The minimum absolute atomic E-state index is 0.556. The van der Waals surface area contributed by atoms with Gasteiger partial charge in [0, 0.05) is 11.6 Å². The SMILES string of the molecule is Clc1cc2nc(-c3ccc(-c4ccccc4)cc3)c(Cl)cc2[nH]1. The van der Waals surface area contributed by atoms with Gasteiger partial charge in [-0.1, -0.05) is 77.8 Å². The molecule has 0 saturated carbocycles. The number of rotatable bonds is 2. The van der Waals surface area contributed by atoms with Crippen molar-refractivity contribution in [3.8, 4) is 22.4 Å². The van der Waals surface area contributed by atoms with Gasteiger partial charge in [-0.2, -0.15) is 0 Å². The van der Waals surface area contributed by atoms with E-state index in [1.807, 2.05) is 36.4 Å². The number of nitrogens with one attached hydrogen (secondary N) is 1. The molecule has 2 aromatic heterocycles. The zero-order chi connectivity index (χ0) is 15.8. The van der Waals surface area contributed by atoms with E-state index >= 15 is 0 Å². The van der Waals surface area contributed by atoms with Gasteiger partial charge in [-0.15, -0.1) is 0 Å². The molecule has 0 saturated heterocycles. The van der Waals surface area contributed by atoms with E-state index in [0.717, 1.165) is 27.9 Å². The minimum atomic E-state index is 0.556. The lowest BCUT2D eigenvalue weighted by atomic mass is 10.0. The Bertz CT molecular complexity index is 974. The van der Waals surface area contributed by atoms with Crippen LogP contribution < -0.4 is 0 Å². The summed E-state index contributed by atoms with van der Waals surface area (Å²) in [5.41, 5.74) is 5.73. The second kappa shape index (κ2) is 5.73. The molecule has 0 aliphatic heterocycles. The predicted octanol–water partition coefficient (Wildman–Crippen LogP) is 6.20. The fourth-order valence-electron chi connectivity index (χ4n) is 2.65. The summed E-state index contributed by atoms with van der Waals surface area (Å²) in [7, 11) is 0. The minimum Gasteiger partial charge on any atom is -0.344 e. The van der Waals surface area contributed by atoms with Crippen LogP contribution in [0.5, 0.6) is 0 Å². The second-order valence-corrected chi connectivity index (χ2v) is 6.13. The first kappa shape index (κ1) is 14.3. The molecule has 0 spiro atoms. The molecule has 0 fully saturated rings. The number of benzene rings is 2. The van der Waals surface area contributed by atoms with Gasteiger partial charge in [0.1, 0.15) is 5.15 Å². The first-order chi connectivity index (χ1) is 11.2. The van der Waals surface area contributed by atoms with Crippen LogP contribution in [-0.4, -0.2) is 9.97 Å². The van der Waals surface area contributed by atoms with Gasteiger partial charge in [-0.25, -0.2) is 4.98 Å². The van der Waals surface area contributed by atoms with E-state index in [2.05, 4.69) is 34.2 Å². The van der Waals surface area contributed by atoms with Crippen LogP contribution in [0.2, 0.25) is 10.2 Å². The summed E-state index contributed by atoms with van der Waals surface area (Å²) in [5, 5.41) is 1.16. The van der Waals surface area contributed by atoms with Gasteiger partial charge in [0.25, 0.3) is 0 Å². The summed E-state index contributed by atoms with van der Waals surface area (Å²) in [6.07, 6.45) is 0. The monoisotopic (exact) mass is 338 g/mol. The molecule has 4 rings (SSSR count). The Morgan fingerprint density at radius 3 is 2.13 bits per heavy atom. The number of nitrogens with zero attached hydrogens (tertiary/aromatic N) is 1. The van der Waals surface area contributed by atoms with Crippen molar-refractivity contribution in [2.75, 3.05) is 0 Å². The second-order valence-electron chi connectivity index (χ2n) is 5.31. The number of H-pyrrole nitrogens is 1. The first-order valence-electron chi connectivity index (χ1n) is 7.21. The highest BCUT2D eigenvalue weighted by molar-refractivity contribution is 6.34. The number of hydrogen-bond donors (Lipinski definition) is 1. The molecule has 23 heavy (non-hydrogen) atoms. The average Bonchev–Trinajstić information content (AvgIpc) is 2.94. The van der Waals surface area contributed by atoms with Crippen molar-refractivity contribution in [3.05, 3.63) is 76.9 Å². The van der Waals surface area contributed by atoms with E-state index in [0.29, 0.717) is 10.2 Å². The van der Waals surface area contributed by atoms with Crippen LogP contribution in [0.15, 0.2) is 66.7 Å². The van der Waals surface area contributed by atoms with Crippen molar-refractivity contribution < 1.29 is 0 Å². The maximum Gasteiger partial charge on any atom is 0.108 e.